The van der Waals surface area contributed by atoms with Gasteiger partial charge < -0.3 is 14.4 Å². The van der Waals surface area contributed by atoms with Crippen LogP contribution in [0.4, 0.5) is 0 Å². The van der Waals surface area contributed by atoms with Gasteiger partial charge >= 0.3 is 5.97 Å². The number of carbonyl (C=O) groups excluding carboxylic acids is 2. The first kappa shape index (κ1) is 20.4. The van der Waals surface area contributed by atoms with E-state index in [2.05, 4.69) is 4.98 Å². The molecule has 0 saturated heterocycles. The lowest BCUT2D eigenvalue weighted by Crippen LogP contribution is -2.45. The number of methoxy groups -OCH3 is 1. The van der Waals surface area contributed by atoms with Crippen molar-refractivity contribution in [3.8, 4) is 5.75 Å². The molecule has 0 aliphatic carbocycles. The monoisotopic (exact) mass is 370 g/mol. The minimum atomic E-state index is -0.744. The number of ether oxygens (including phenoxy) is 2. The Morgan fingerprint density at radius 1 is 1.07 bits per heavy atom. The van der Waals surface area contributed by atoms with Crippen LogP contribution >= 0.6 is 0 Å². The summed E-state index contributed by atoms with van der Waals surface area (Å²) < 4.78 is 10.6. The SMILES string of the molecule is COc1ccc(CN(C(=O)c2ccncc2)C(C)C(=O)OC(C)(C)C)cc1. The van der Waals surface area contributed by atoms with Crippen LogP contribution in [0, 0.1) is 0 Å². The number of esters is 1. The molecule has 0 saturated carbocycles. The van der Waals surface area contributed by atoms with Gasteiger partial charge in [-0.2, -0.15) is 0 Å². The van der Waals surface area contributed by atoms with Crippen molar-refractivity contribution in [2.24, 2.45) is 0 Å². The molecule has 1 atom stereocenters. The number of benzene rings is 1. The van der Waals surface area contributed by atoms with Crippen LogP contribution in [0.25, 0.3) is 0 Å². The molecule has 0 spiro atoms. The van der Waals surface area contributed by atoms with Crippen LogP contribution in [0.5, 0.6) is 5.75 Å². The molecule has 6 nitrogen and oxygen atoms in total. The van der Waals surface area contributed by atoms with Gasteiger partial charge in [0.05, 0.1) is 7.11 Å². The van der Waals surface area contributed by atoms with Gasteiger partial charge in [0.2, 0.25) is 0 Å². The predicted molar refractivity (Wildman–Crippen MR) is 102 cm³/mol. The second kappa shape index (κ2) is 8.66. The van der Waals surface area contributed by atoms with Crippen LogP contribution in [-0.2, 0) is 16.1 Å². The van der Waals surface area contributed by atoms with Gasteiger partial charge in [0.25, 0.3) is 5.91 Å². The Morgan fingerprint density at radius 2 is 1.67 bits per heavy atom. The summed E-state index contributed by atoms with van der Waals surface area (Å²) in [5.41, 5.74) is 0.721. The van der Waals surface area contributed by atoms with E-state index in [0.29, 0.717) is 5.56 Å². The quantitative estimate of drug-likeness (QED) is 0.729. The first-order valence-electron chi connectivity index (χ1n) is 8.78. The van der Waals surface area contributed by atoms with Gasteiger partial charge in [-0.25, -0.2) is 4.79 Å². The lowest BCUT2D eigenvalue weighted by Gasteiger charge is -2.30. The molecule has 144 valence electrons. The maximum absolute atomic E-state index is 13.0. The summed E-state index contributed by atoms with van der Waals surface area (Å²) in [7, 11) is 1.60. The molecule has 1 aromatic carbocycles. The van der Waals surface area contributed by atoms with E-state index in [9.17, 15) is 9.59 Å². The average molecular weight is 370 g/mol. The highest BCUT2D eigenvalue weighted by atomic mass is 16.6. The number of carbonyl (C=O) groups is 2. The molecular weight excluding hydrogens is 344 g/mol. The van der Waals surface area contributed by atoms with Crippen molar-refractivity contribution >= 4 is 11.9 Å². The highest BCUT2D eigenvalue weighted by Gasteiger charge is 2.30. The van der Waals surface area contributed by atoms with Crippen LogP contribution in [0.1, 0.15) is 43.6 Å². The van der Waals surface area contributed by atoms with Gasteiger partial charge in [-0.15, -0.1) is 0 Å². The molecule has 0 aliphatic heterocycles. The number of aromatic nitrogens is 1. The predicted octanol–water partition coefficient (Wildman–Crippen LogP) is 3.46. The van der Waals surface area contributed by atoms with Crippen molar-refractivity contribution < 1.29 is 19.1 Å². The Bertz CT molecular complexity index is 767. The van der Waals surface area contributed by atoms with Crippen molar-refractivity contribution in [2.45, 2.75) is 45.9 Å². The highest BCUT2D eigenvalue weighted by molar-refractivity contribution is 5.96. The third-order valence-corrected chi connectivity index (χ3v) is 3.92. The molecule has 6 heteroatoms. The summed E-state index contributed by atoms with van der Waals surface area (Å²) in [6.45, 7) is 7.35. The van der Waals surface area contributed by atoms with E-state index in [1.165, 1.54) is 4.90 Å². The van der Waals surface area contributed by atoms with E-state index in [1.54, 1.807) is 59.3 Å². The Balaban J connectivity index is 2.29. The Kier molecular flexibility index (Phi) is 6.55. The zero-order valence-electron chi connectivity index (χ0n) is 16.4. The first-order valence-corrected chi connectivity index (χ1v) is 8.78. The van der Waals surface area contributed by atoms with Gasteiger partial charge in [0.15, 0.2) is 0 Å². The molecule has 1 heterocycles. The van der Waals surface area contributed by atoms with Crippen LogP contribution < -0.4 is 4.74 Å². The topological polar surface area (TPSA) is 68.7 Å². The summed E-state index contributed by atoms with van der Waals surface area (Å²) in [5, 5.41) is 0. The third-order valence-electron chi connectivity index (χ3n) is 3.92. The number of pyridine rings is 1. The van der Waals surface area contributed by atoms with E-state index >= 15 is 0 Å². The number of hydrogen-bond acceptors (Lipinski definition) is 5. The standard InChI is InChI=1S/C21H26N2O4/c1-15(20(25)27-21(2,3)4)23(19(24)17-10-12-22-13-11-17)14-16-6-8-18(26-5)9-7-16/h6-13,15H,14H2,1-5H3. The normalized spacial score (nSPS) is 12.2. The highest BCUT2D eigenvalue weighted by Crippen LogP contribution is 2.19. The number of nitrogens with zero attached hydrogens (tertiary/aromatic N) is 2. The number of hydrogen-bond donors (Lipinski definition) is 0. The fraction of sp³-hybridized carbons (Fsp3) is 0.381. The summed E-state index contributed by atoms with van der Waals surface area (Å²) in [6.07, 6.45) is 3.11. The number of amides is 1. The van der Waals surface area contributed by atoms with Gasteiger partial charge in [-0.05, 0) is 57.5 Å². The molecule has 0 fully saturated rings. The second-order valence-electron chi connectivity index (χ2n) is 7.23. The fourth-order valence-electron chi connectivity index (χ4n) is 2.49. The van der Waals surface area contributed by atoms with Crippen molar-refractivity contribution in [2.75, 3.05) is 7.11 Å². The molecule has 1 amide bonds. The Hall–Kier alpha value is -2.89. The maximum atomic E-state index is 13.0. The molecular formula is C21H26N2O4. The zero-order valence-corrected chi connectivity index (χ0v) is 16.4. The second-order valence-corrected chi connectivity index (χ2v) is 7.23. The molecule has 2 aromatic rings. The molecule has 1 unspecified atom stereocenters. The molecule has 2 rings (SSSR count). The summed E-state index contributed by atoms with van der Waals surface area (Å²) in [4.78, 5) is 31.1. The third kappa shape index (κ3) is 5.81. The van der Waals surface area contributed by atoms with Gasteiger partial charge in [0, 0.05) is 24.5 Å². The van der Waals surface area contributed by atoms with E-state index in [-0.39, 0.29) is 12.5 Å². The van der Waals surface area contributed by atoms with Crippen LogP contribution in [0.3, 0.4) is 0 Å². The van der Waals surface area contributed by atoms with Crippen LogP contribution in [0.2, 0.25) is 0 Å². The van der Waals surface area contributed by atoms with E-state index in [0.717, 1.165) is 11.3 Å². The number of rotatable bonds is 6. The molecule has 0 N–H and O–H groups in total. The fourth-order valence-corrected chi connectivity index (χ4v) is 2.49. The van der Waals surface area contributed by atoms with Crippen LogP contribution in [0.15, 0.2) is 48.8 Å². The minimum absolute atomic E-state index is 0.258. The largest absolute Gasteiger partial charge is 0.497 e. The van der Waals surface area contributed by atoms with E-state index < -0.39 is 17.6 Å². The first-order chi connectivity index (χ1) is 12.7. The Labute approximate surface area is 160 Å². The van der Waals surface area contributed by atoms with Crippen molar-refractivity contribution in [1.82, 2.24) is 9.88 Å². The van der Waals surface area contributed by atoms with E-state index in [4.69, 9.17) is 9.47 Å². The average Bonchev–Trinajstić information content (AvgIpc) is 2.65. The lowest BCUT2D eigenvalue weighted by atomic mass is 10.1. The smallest absolute Gasteiger partial charge is 0.329 e. The summed E-state index contributed by atoms with van der Waals surface area (Å²) >= 11 is 0. The van der Waals surface area contributed by atoms with Crippen molar-refractivity contribution in [1.29, 1.82) is 0 Å². The maximum Gasteiger partial charge on any atom is 0.329 e. The summed E-state index contributed by atoms with van der Waals surface area (Å²) in [5.74, 6) is 0.0240. The zero-order chi connectivity index (χ0) is 20.0. The van der Waals surface area contributed by atoms with Gasteiger partial charge in [0.1, 0.15) is 17.4 Å². The van der Waals surface area contributed by atoms with Crippen molar-refractivity contribution in [3.05, 3.63) is 59.9 Å². The van der Waals surface area contributed by atoms with Crippen LogP contribution in [-0.4, -0.2) is 40.5 Å². The summed E-state index contributed by atoms with van der Waals surface area (Å²) in [6, 6.07) is 9.90. The molecule has 0 aliphatic rings. The Morgan fingerprint density at radius 3 is 2.19 bits per heavy atom. The molecule has 0 radical (unpaired) electrons. The molecule has 27 heavy (non-hydrogen) atoms. The molecule has 1 aromatic heterocycles. The van der Waals surface area contributed by atoms with Gasteiger partial charge in [-0.1, -0.05) is 12.1 Å². The van der Waals surface area contributed by atoms with Crippen molar-refractivity contribution in [3.63, 3.8) is 0 Å². The van der Waals surface area contributed by atoms with Gasteiger partial charge in [-0.3, -0.25) is 9.78 Å². The minimum Gasteiger partial charge on any atom is -0.497 e. The lowest BCUT2D eigenvalue weighted by molar-refractivity contribution is -0.160. The molecule has 0 bridgehead atoms. The van der Waals surface area contributed by atoms with E-state index in [1.807, 2.05) is 24.3 Å².